The fourth-order valence-electron chi connectivity index (χ4n) is 3.42. The van der Waals surface area contributed by atoms with Gasteiger partial charge in [0.2, 0.25) is 0 Å². The minimum atomic E-state index is -0.664. The van der Waals surface area contributed by atoms with Crippen LogP contribution in [0.3, 0.4) is 0 Å². The summed E-state index contributed by atoms with van der Waals surface area (Å²) >= 11 is 0. The highest BCUT2D eigenvalue weighted by Gasteiger charge is 2.24. The summed E-state index contributed by atoms with van der Waals surface area (Å²) in [6.07, 6.45) is 0.0471. The summed E-state index contributed by atoms with van der Waals surface area (Å²) in [5.41, 5.74) is 4.65. The highest BCUT2D eigenvalue weighted by atomic mass is 16.5. The number of carbonyl (C=O) groups is 1. The smallest absolute Gasteiger partial charge is 0.261 e. The van der Waals surface area contributed by atoms with Gasteiger partial charge in [-0.05, 0) is 62.1 Å². The van der Waals surface area contributed by atoms with Gasteiger partial charge in [-0.25, -0.2) is 4.68 Å². The van der Waals surface area contributed by atoms with Crippen molar-refractivity contribution in [3.8, 4) is 17.5 Å². The fraction of sp³-hybridized carbons (Fsp3) is 0.320. The molecule has 31 heavy (non-hydrogen) atoms. The number of aryl methyl sites for hydroxylation is 2. The molecule has 0 fully saturated rings. The van der Waals surface area contributed by atoms with E-state index >= 15 is 0 Å². The van der Waals surface area contributed by atoms with Gasteiger partial charge in [0.15, 0.2) is 6.10 Å². The highest BCUT2D eigenvalue weighted by molar-refractivity contribution is 5.81. The Kier molecular flexibility index (Phi) is 7.09. The van der Waals surface area contributed by atoms with E-state index in [9.17, 15) is 10.1 Å². The van der Waals surface area contributed by atoms with Crippen LogP contribution in [0.1, 0.15) is 36.4 Å². The molecule has 0 saturated carbocycles. The van der Waals surface area contributed by atoms with Gasteiger partial charge in [0.05, 0.1) is 16.9 Å². The van der Waals surface area contributed by atoms with Crippen LogP contribution in [-0.4, -0.2) is 28.3 Å². The predicted molar refractivity (Wildman–Crippen MR) is 120 cm³/mol. The maximum atomic E-state index is 12.7. The first kappa shape index (κ1) is 22.1. The number of amides is 1. The molecule has 6 nitrogen and oxygen atoms in total. The van der Waals surface area contributed by atoms with Crippen molar-refractivity contribution in [2.75, 3.05) is 6.54 Å². The van der Waals surface area contributed by atoms with Gasteiger partial charge < -0.3 is 10.1 Å². The molecule has 0 spiro atoms. The van der Waals surface area contributed by atoms with Gasteiger partial charge in [0, 0.05) is 12.2 Å². The van der Waals surface area contributed by atoms with Crippen LogP contribution < -0.4 is 10.1 Å². The lowest BCUT2D eigenvalue weighted by Crippen LogP contribution is -2.42. The number of nitriles is 1. The van der Waals surface area contributed by atoms with Crippen molar-refractivity contribution in [1.82, 2.24) is 15.1 Å². The van der Waals surface area contributed by atoms with Gasteiger partial charge in [-0.2, -0.15) is 10.4 Å². The Balaban J connectivity index is 1.58. The number of benzene rings is 2. The molecule has 1 aromatic heterocycles. The Morgan fingerprint density at radius 2 is 1.87 bits per heavy atom. The largest absolute Gasteiger partial charge is 0.479 e. The zero-order chi connectivity index (χ0) is 22.4. The maximum Gasteiger partial charge on any atom is 0.261 e. The third-order valence-electron chi connectivity index (χ3n) is 5.03. The van der Waals surface area contributed by atoms with Crippen LogP contribution in [0.15, 0.2) is 54.6 Å². The molecule has 0 bridgehead atoms. The van der Waals surface area contributed by atoms with E-state index in [0.29, 0.717) is 24.3 Å². The molecule has 0 radical (unpaired) electrons. The molecule has 0 aliphatic heterocycles. The normalized spacial score (nSPS) is 11.7. The molecule has 160 valence electrons. The molecule has 1 amide bonds. The quantitative estimate of drug-likeness (QED) is 0.599. The summed E-state index contributed by atoms with van der Waals surface area (Å²) in [5, 5.41) is 16.7. The predicted octanol–water partition coefficient (Wildman–Crippen LogP) is 4.12. The van der Waals surface area contributed by atoms with E-state index in [2.05, 4.69) is 28.6 Å². The minimum absolute atomic E-state index is 0.0354. The van der Waals surface area contributed by atoms with Gasteiger partial charge >= 0.3 is 0 Å². The second-order valence-electron chi connectivity index (χ2n) is 7.94. The summed E-state index contributed by atoms with van der Waals surface area (Å²) in [5.74, 6) is 0.215. The molecule has 6 heteroatoms. The second kappa shape index (κ2) is 9.94. The minimum Gasteiger partial charge on any atom is -0.479 e. The van der Waals surface area contributed by atoms with Crippen molar-refractivity contribution >= 4 is 5.91 Å². The molecule has 0 aliphatic carbocycles. The molecular weight excluding hydrogens is 388 g/mol. The Bertz CT molecular complexity index is 1080. The van der Waals surface area contributed by atoms with Crippen molar-refractivity contribution in [3.63, 3.8) is 0 Å². The van der Waals surface area contributed by atoms with Crippen molar-refractivity contribution in [3.05, 3.63) is 77.1 Å². The topological polar surface area (TPSA) is 79.9 Å². The molecule has 1 atom stereocenters. The average Bonchev–Trinajstić information content (AvgIpc) is 3.10. The van der Waals surface area contributed by atoms with Crippen LogP contribution in [0, 0.1) is 31.1 Å². The van der Waals surface area contributed by atoms with Gasteiger partial charge in [-0.15, -0.1) is 0 Å². The van der Waals surface area contributed by atoms with Crippen LogP contribution in [0.4, 0.5) is 0 Å². The Hall–Kier alpha value is -3.59. The molecule has 2 aromatic carbocycles. The number of nitrogens with one attached hydrogen (secondary N) is 1. The number of rotatable bonds is 8. The molecule has 1 heterocycles. The molecular formula is C25H28N4O2. The van der Waals surface area contributed by atoms with Crippen LogP contribution >= 0.6 is 0 Å². The van der Waals surface area contributed by atoms with Crippen LogP contribution in [0.2, 0.25) is 0 Å². The zero-order valence-corrected chi connectivity index (χ0v) is 18.4. The first-order valence-corrected chi connectivity index (χ1v) is 10.4. The van der Waals surface area contributed by atoms with E-state index in [1.807, 2.05) is 50.6 Å². The van der Waals surface area contributed by atoms with E-state index in [-0.39, 0.29) is 11.8 Å². The van der Waals surface area contributed by atoms with Crippen molar-refractivity contribution in [1.29, 1.82) is 5.26 Å². The van der Waals surface area contributed by atoms with Gasteiger partial charge in [0.1, 0.15) is 11.8 Å². The summed E-state index contributed by atoms with van der Waals surface area (Å²) < 4.78 is 7.82. The number of ether oxygens (including phenoxy) is 1. The van der Waals surface area contributed by atoms with Crippen molar-refractivity contribution < 1.29 is 9.53 Å². The molecule has 0 aliphatic rings. The SMILES string of the molecule is Cc1cc(C)n(-c2ccc(CCNC(=O)C(Oc3ccccc3C#N)C(C)C)cc2)n1. The van der Waals surface area contributed by atoms with Crippen LogP contribution in [0.5, 0.6) is 5.75 Å². The lowest BCUT2D eigenvalue weighted by molar-refractivity contribution is -0.129. The van der Waals surface area contributed by atoms with Gasteiger partial charge in [-0.1, -0.05) is 38.1 Å². The number of para-hydroxylation sites is 1. The average molecular weight is 417 g/mol. The van der Waals surface area contributed by atoms with E-state index in [1.54, 1.807) is 24.3 Å². The molecule has 0 saturated heterocycles. The number of hydrogen-bond donors (Lipinski definition) is 1. The summed E-state index contributed by atoms with van der Waals surface area (Å²) in [6, 6.07) is 19.3. The molecule has 1 unspecified atom stereocenters. The first-order valence-electron chi connectivity index (χ1n) is 10.4. The Morgan fingerprint density at radius 1 is 1.16 bits per heavy atom. The number of carbonyl (C=O) groups excluding carboxylic acids is 1. The van der Waals surface area contributed by atoms with E-state index in [4.69, 9.17) is 4.74 Å². The fourth-order valence-corrected chi connectivity index (χ4v) is 3.42. The summed E-state index contributed by atoms with van der Waals surface area (Å²) in [4.78, 5) is 12.7. The maximum absolute atomic E-state index is 12.7. The monoisotopic (exact) mass is 416 g/mol. The molecule has 1 N–H and O–H groups in total. The van der Waals surface area contributed by atoms with E-state index < -0.39 is 6.10 Å². The Labute approximate surface area is 183 Å². The first-order chi connectivity index (χ1) is 14.9. The Morgan fingerprint density at radius 3 is 2.48 bits per heavy atom. The van der Waals surface area contributed by atoms with Crippen LogP contribution in [-0.2, 0) is 11.2 Å². The third kappa shape index (κ3) is 5.52. The highest BCUT2D eigenvalue weighted by Crippen LogP contribution is 2.21. The van der Waals surface area contributed by atoms with Gasteiger partial charge in [-0.3, -0.25) is 4.79 Å². The van der Waals surface area contributed by atoms with Crippen molar-refractivity contribution in [2.24, 2.45) is 5.92 Å². The van der Waals surface area contributed by atoms with Crippen LogP contribution in [0.25, 0.3) is 5.69 Å². The third-order valence-corrected chi connectivity index (χ3v) is 5.03. The standard InChI is InChI=1S/C25H28N4O2/c1-17(2)24(31-23-8-6-5-7-21(23)16-26)25(30)27-14-13-20-9-11-22(12-10-20)29-19(4)15-18(3)28-29/h5-12,15,17,24H,13-14H2,1-4H3,(H,27,30). The molecule has 3 aromatic rings. The lowest BCUT2D eigenvalue weighted by atomic mass is 10.1. The second-order valence-corrected chi connectivity index (χ2v) is 7.94. The lowest BCUT2D eigenvalue weighted by Gasteiger charge is -2.22. The summed E-state index contributed by atoms with van der Waals surface area (Å²) in [7, 11) is 0. The van der Waals surface area contributed by atoms with E-state index in [1.165, 1.54) is 0 Å². The zero-order valence-electron chi connectivity index (χ0n) is 18.4. The van der Waals surface area contributed by atoms with Gasteiger partial charge in [0.25, 0.3) is 5.91 Å². The summed E-state index contributed by atoms with van der Waals surface area (Å²) in [6.45, 7) is 8.37. The number of aromatic nitrogens is 2. The number of nitrogens with zero attached hydrogens (tertiary/aromatic N) is 3. The van der Waals surface area contributed by atoms with E-state index in [0.717, 1.165) is 22.6 Å². The number of hydrogen-bond acceptors (Lipinski definition) is 4. The molecule has 3 rings (SSSR count). The van der Waals surface area contributed by atoms with Crippen molar-refractivity contribution in [2.45, 2.75) is 40.2 Å².